The van der Waals surface area contributed by atoms with Crippen LogP contribution in [0.2, 0.25) is 0 Å². The van der Waals surface area contributed by atoms with E-state index in [2.05, 4.69) is 25.8 Å². The van der Waals surface area contributed by atoms with Crippen LogP contribution in [-0.2, 0) is 17.8 Å². The number of H-pyrrole nitrogens is 2. The van der Waals surface area contributed by atoms with Crippen LogP contribution in [0.15, 0.2) is 73.2 Å². The Morgan fingerprint density at radius 1 is 1.07 bits per heavy atom. The maximum Gasteiger partial charge on any atom is 0.224 e. The molecule has 0 radical (unpaired) electrons. The molecule has 2 aromatic carbocycles. The molecule has 152 valence electrons. The number of aromatic amines is 2. The zero-order chi connectivity index (χ0) is 20.8. The summed E-state index contributed by atoms with van der Waals surface area (Å²) >= 11 is 0. The lowest BCUT2D eigenvalue weighted by Gasteiger charge is -2.11. The summed E-state index contributed by atoms with van der Waals surface area (Å²) in [7, 11) is 0. The highest BCUT2D eigenvalue weighted by Crippen LogP contribution is 2.22. The van der Waals surface area contributed by atoms with Gasteiger partial charge in [-0.1, -0.05) is 24.3 Å². The smallest absolute Gasteiger partial charge is 0.224 e. The minimum atomic E-state index is -0.460. The second kappa shape index (κ2) is 9.09. The number of carbonyl (C=O) groups excluding carboxylic acids is 1. The highest BCUT2D eigenvalue weighted by Gasteiger charge is 2.09. The Bertz CT molecular complexity index is 1090. The van der Waals surface area contributed by atoms with Gasteiger partial charge >= 0.3 is 0 Å². The molecule has 0 saturated carbocycles. The summed E-state index contributed by atoms with van der Waals surface area (Å²) in [5.74, 6) is -0.686. The van der Waals surface area contributed by atoms with Crippen LogP contribution in [0.1, 0.15) is 17.7 Å². The van der Waals surface area contributed by atoms with Gasteiger partial charge in [0.15, 0.2) is 0 Å². The molecule has 0 atom stereocenters. The summed E-state index contributed by atoms with van der Waals surface area (Å²) in [6, 6.07) is 16.5. The fraction of sp³-hybridized carbons (Fsp3) is 0.130. The first-order chi connectivity index (χ1) is 14.7. The maximum absolute atomic E-state index is 14.1. The summed E-state index contributed by atoms with van der Waals surface area (Å²) in [6.45, 7) is 0.581. The molecule has 30 heavy (non-hydrogen) atoms. The average molecular weight is 403 g/mol. The van der Waals surface area contributed by atoms with Crippen LogP contribution in [0, 0.1) is 5.82 Å². The molecule has 2 heterocycles. The van der Waals surface area contributed by atoms with E-state index >= 15 is 0 Å². The molecule has 0 aliphatic rings. The third-order valence-corrected chi connectivity index (χ3v) is 4.81. The average Bonchev–Trinajstić information content (AvgIpc) is 3.47. The molecule has 4 aromatic rings. The van der Waals surface area contributed by atoms with Crippen molar-refractivity contribution in [3.05, 3.63) is 90.3 Å². The predicted octanol–water partition coefficient (Wildman–Crippen LogP) is 4.73. The molecule has 4 N–H and O–H groups in total. The Hall–Kier alpha value is -3.87. The molecule has 7 heteroatoms. The van der Waals surface area contributed by atoms with Gasteiger partial charge in [0, 0.05) is 42.3 Å². The molecule has 0 aliphatic carbocycles. The van der Waals surface area contributed by atoms with Gasteiger partial charge in [0.1, 0.15) is 5.82 Å². The Kier molecular flexibility index (Phi) is 5.89. The van der Waals surface area contributed by atoms with E-state index in [1.807, 2.05) is 48.8 Å². The van der Waals surface area contributed by atoms with Crippen LogP contribution in [0.25, 0.3) is 11.1 Å². The summed E-state index contributed by atoms with van der Waals surface area (Å²) < 4.78 is 14.1. The van der Waals surface area contributed by atoms with Crippen molar-refractivity contribution in [1.29, 1.82) is 0 Å². The molecule has 0 aliphatic heterocycles. The van der Waals surface area contributed by atoms with Crippen molar-refractivity contribution in [2.45, 2.75) is 19.4 Å². The van der Waals surface area contributed by atoms with E-state index in [-0.39, 0.29) is 18.0 Å². The van der Waals surface area contributed by atoms with Crippen molar-refractivity contribution in [3.63, 3.8) is 0 Å². The number of hydrogen-bond donors (Lipinski definition) is 4. The van der Waals surface area contributed by atoms with Crippen molar-refractivity contribution >= 4 is 17.3 Å². The molecule has 2 aromatic heterocycles. The predicted molar refractivity (Wildman–Crippen MR) is 115 cm³/mol. The number of amides is 1. The van der Waals surface area contributed by atoms with Crippen LogP contribution in [-0.4, -0.2) is 21.1 Å². The van der Waals surface area contributed by atoms with E-state index in [0.29, 0.717) is 13.0 Å². The van der Waals surface area contributed by atoms with Crippen LogP contribution >= 0.6 is 0 Å². The number of nitrogens with zero attached hydrogens (tertiary/aromatic N) is 1. The third kappa shape index (κ3) is 4.94. The zero-order valence-electron chi connectivity index (χ0n) is 16.3. The summed E-state index contributed by atoms with van der Waals surface area (Å²) in [5, 5.41) is 12.7. The number of carbonyl (C=O) groups is 1. The zero-order valence-corrected chi connectivity index (χ0v) is 16.3. The van der Waals surface area contributed by atoms with E-state index in [9.17, 15) is 9.18 Å². The van der Waals surface area contributed by atoms with Gasteiger partial charge in [-0.3, -0.25) is 9.89 Å². The van der Waals surface area contributed by atoms with Crippen LogP contribution < -0.4 is 10.6 Å². The fourth-order valence-electron chi connectivity index (χ4n) is 3.14. The number of aromatic nitrogens is 3. The van der Waals surface area contributed by atoms with E-state index < -0.39 is 5.82 Å². The molecule has 4 rings (SSSR count). The third-order valence-electron chi connectivity index (χ3n) is 4.81. The van der Waals surface area contributed by atoms with Gasteiger partial charge in [0.25, 0.3) is 0 Å². The molecule has 0 unspecified atom stereocenters. The standard InChI is InChI=1S/C23H22FN5O/c24-21-9-7-20(12-22(21)29-23(30)10-8-19-2-1-11-25-19)26-13-16-3-5-17(6-4-16)18-14-27-28-15-18/h1-7,9,11-12,14-15,25-26H,8,10,13H2,(H,27,28)(H,29,30). The van der Waals surface area contributed by atoms with Crippen LogP contribution in [0.5, 0.6) is 0 Å². The first-order valence-corrected chi connectivity index (χ1v) is 9.71. The molecular weight excluding hydrogens is 381 g/mol. The van der Waals surface area contributed by atoms with Gasteiger partial charge in [-0.15, -0.1) is 0 Å². The van der Waals surface area contributed by atoms with Crippen molar-refractivity contribution in [2.24, 2.45) is 0 Å². The monoisotopic (exact) mass is 403 g/mol. The first-order valence-electron chi connectivity index (χ1n) is 9.71. The highest BCUT2D eigenvalue weighted by molar-refractivity contribution is 5.91. The Morgan fingerprint density at radius 3 is 2.67 bits per heavy atom. The van der Waals surface area contributed by atoms with Crippen molar-refractivity contribution in [2.75, 3.05) is 10.6 Å². The van der Waals surface area contributed by atoms with Crippen molar-refractivity contribution < 1.29 is 9.18 Å². The highest BCUT2D eigenvalue weighted by atomic mass is 19.1. The van der Waals surface area contributed by atoms with E-state index in [0.717, 1.165) is 28.1 Å². The van der Waals surface area contributed by atoms with Gasteiger partial charge in [-0.25, -0.2) is 4.39 Å². The lowest BCUT2D eigenvalue weighted by molar-refractivity contribution is -0.116. The number of nitrogens with one attached hydrogen (secondary N) is 4. The number of anilines is 2. The van der Waals surface area contributed by atoms with E-state index in [1.54, 1.807) is 18.3 Å². The van der Waals surface area contributed by atoms with Crippen molar-refractivity contribution in [3.8, 4) is 11.1 Å². The van der Waals surface area contributed by atoms with Crippen LogP contribution in [0.4, 0.5) is 15.8 Å². The quantitative estimate of drug-likeness (QED) is 0.343. The summed E-state index contributed by atoms with van der Waals surface area (Å²) in [5.41, 5.74) is 5.08. The minimum absolute atomic E-state index is 0.173. The first kappa shape index (κ1) is 19.4. The van der Waals surface area contributed by atoms with E-state index in [1.165, 1.54) is 6.07 Å². The fourth-order valence-corrected chi connectivity index (χ4v) is 3.14. The Morgan fingerprint density at radius 2 is 1.93 bits per heavy atom. The number of hydrogen-bond acceptors (Lipinski definition) is 3. The number of rotatable bonds is 8. The minimum Gasteiger partial charge on any atom is -0.381 e. The van der Waals surface area contributed by atoms with Gasteiger partial charge in [0.2, 0.25) is 5.91 Å². The SMILES string of the molecule is O=C(CCc1ccc[nH]1)Nc1cc(NCc2ccc(-c3cn[nH]c3)cc2)ccc1F. The van der Waals surface area contributed by atoms with Crippen molar-refractivity contribution in [1.82, 2.24) is 15.2 Å². The van der Waals surface area contributed by atoms with E-state index in [4.69, 9.17) is 0 Å². The normalized spacial score (nSPS) is 10.7. The molecule has 0 fully saturated rings. The summed E-state index contributed by atoms with van der Waals surface area (Å²) in [4.78, 5) is 15.2. The topological polar surface area (TPSA) is 85.6 Å². The second-order valence-electron chi connectivity index (χ2n) is 6.98. The maximum atomic E-state index is 14.1. The number of halogens is 1. The Balaban J connectivity index is 1.34. The molecule has 0 spiro atoms. The molecule has 0 bridgehead atoms. The van der Waals surface area contributed by atoms with Crippen LogP contribution in [0.3, 0.4) is 0 Å². The molecule has 1 amide bonds. The number of aryl methyl sites for hydroxylation is 1. The lowest BCUT2D eigenvalue weighted by atomic mass is 10.1. The number of benzene rings is 2. The summed E-state index contributed by atoms with van der Waals surface area (Å²) in [6.07, 6.45) is 6.29. The van der Waals surface area contributed by atoms with Gasteiger partial charge in [-0.2, -0.15) is 5.10 Å². The second-order valence-corrected chi connectivity index (χ2v) is 6.98. The van der Waals surface area contributed by atoms with Gasteiger partial charge < -0.3 is 15.6 Å². The van der Waals surface area contributed by atoms with Gasteiger partial charge in [0.05, 0.1) is 11.9 Å². The lowest BCUT2D eigenvalue weighted by Crippen LogP contribution is -2.14. The molecule has 0 saturated heterocycles. The Labute approximate surface area is 173 Å². The van der Waals surface area contributed by atoms with Gasteiger partial charge in [-0.05, 0) is 47.9 Å². The largest absolute Gasteiger partial charge is 0.381 e. The molecular formula is C23H22FN5O. The molecule has 6 nitrogen and oxygen atoms in total.